The maximum atomic E-state index is 5.65. The fraction of sp³-hybridized carbons (Fsp3) is 0.818. The Morgan fingerprint density at radius 2 is 2.00 bits per heavy atom. The van der Waals surface area contributed by atoms with Gasteiger partial charge in [-0.3, -0.25) is 4.90 Å². The van der Waals surface area contributed by atoms with Crippen LogP contribution in [0.2, 0.25) is 0 Å². The third kappa shape index (κ3) is 4.44. The van der Waals surface area contributed by atoms with E-state index in [4.69, 9.17) is 5.73 Å². The van der Waals surface area contributed by atoms with Crippen LogP contribution in [0.5, 0.6) is 0 Å². The van der Waals surface area contributed by atoms with Gasteiger partial charge in [0.05, 0.1) is 0 Å². The van der Waals surface area contributed by atoms with Crippen LogP contribution in [0, 0.1) is 5.92 Å². The zero-order chi connectivity index (χ0) is 10.4. The molecule has 0 aromatic carbocycles. The van der Waals surface area contributed by atoms with Gasteiger partial charge in [0.15, 0.2) is 0 Å². The van der Waals surface area contributed by atoms with Crippen LogP contribution in [0.4, 0.5) is 0 Å². The fourth-order valence-corrected chi connectivity index (χ4v) is 1.45. The van der Waals surface area contributed by atoms with Crippen molar-refractivity contribution >= 4 is 0 Å². The minimum atomic E-state index is 0.548. The minimum absolute atomic E-state index is 0.548. The summed E-state index contributed by atoms with van der Waals surface area (Å²) in [6, 6.07) is 0.548. The summed E-state index contributed by atoms with van der Waals surface area (Å²) in [7, 11) is 0. The number of nitrogens with zero attached hydrogens (tertiary/aromatic N) is 1. The highest BCUT2D eigenvalue weighted by Crippen LogP contribution is 2.10. The van der Waals surface area contributed by atoms with E-state index in [9.17, 15) is 0 Å². The van der Waals surface area contributed by atoms with Crippen LogP contribution in [-0.2, 0) is 0 Å². The van der Waals surface area contributed by atoms with Crippen molar-refractivity contribution in [3.63, 3.8) is 0 Å². The van der Waals surface area contributed by atoms with Gasteiger partial charge in [-0.25, -0.2) is 0 Å². The molecule has 0 aromatic heterocycles. The second-order valence-corrected chi connectivity index (χ2v) is 3.97. The van der Waals surface area contributed by atoms with Crippen LogP contribution in [0.1, 0.15) is 27.7 Å². The zero-order valence-corrected chi connectivity index (χ0v) is 9.51. The van der Waals surface area contributed by atoms with E-state index >= 15 is 0 Å². The molecule has 0 aliphatic carbocycles. The fourth-order valence-electron chi connectivity index (χ4n) is 1.45. The molecule has 0 aliphatic rings. The second-order valence-electron chi connectivity index (χ2n) is 3.97. The van der Waals surface area contributed by atoms with Crippen molar-refractivity contribution in [2.75, 3.05) is 19.6 Å². The average molecular weight is 184 g/mol. The molecule has 0 aliphatic heterocycles. The van der Waals surface area contributed by atoms with E-state index in [0.717, 1.165) is 19.6 Å². The Hall–Kier alpha value is -0.340. The lowest BCUT2D eigenvalue weighted by molar-refractivity contribution is 0.186. The molecule has 0 radical (unpaired) electrons. The molecule has 2 unspecified atom stereocenters. The van der Waals surface area contributed by atoms with Gasteiger partial charge >= 0.3 is 0 Å². The number of nitrogens with two attached hydrogens (primary N) is 1. The van der Waals surface area contributed by atoms with Gasteiger partial charge in [0.2, 0.25) is 0 Å². The lowest BCUT2D eigenvalue weighted by Crippen LogP contribution is -2.40. The van der Waals surface area contributed by atoms with E-state index in [1.54, 1.807) is 0 Å². The molecule has 0 bridgehead atoms. The van der Waals surface area contributed by atoms with Crippen molar-refractivity contribution in [2.24, 2.45) is 11.7 Å². The van der Waals surface area contributed by atoms with Crippen molar-refractivity contribution in [1.82, 2.24) is 4.90 Å². The second kappa shape index (κ2) is 6.17. The molecule has 0 saturated carbocycles. The quantitative estimate of drug-likeness (QED) is 0.639. The number of hydrogen-bond acceptors (Lipinski definition) is 2. The van der Waals surface area contributed by atoms with Crippen LogP contribution >= 0.6 is 0 Å². The topological polar surface area (TPSA) is 29.3 Å². The first-order chi connectivity index (χ1) is 6.02. The smallest absolute Gasteiger partial charge is 0.0190 e. The monoisotopic (exact) mass is 184 g/mol. The Morgan fingerprint density at radius 3 is 2.31 bits per heavy atom. The lowest BCUT2D eigenvalue weighted by atomic mass is 10.0. The van der Waals surface area contributed by atoms with E-state index in [0.29, 0.717) is 12.0 Å². The van der Waals surface area contributed by atoms with Gasteiger partial charge in [0, 0.05) is 12.6 Å². The zero-order valence-electron chi connectivity index (χ0n) is 9.51. The van der Waals surface area contributed by atoms with Crippen molar-refractivity contribution in [3.05, 3.63) is 12.2 Å². The minimum Gasteiger partial charge on any atom is -0.330 e. The predicted octanol–water partition coefficient (Wildman–Crippen LogP) is 1.87. The normalized spacial score (nSPS) is 15.8. The summed E-state index contributed by atoms with van der Waals surface area (Å²) in [4.78, 5) is 2.42. The summed E-state index contributed by atoms with van der Waals surface area (Å²) in [6.07, 6.45) is 0. The van der Waals surface area contributed by atoms with E-state index < -0.39 is 0 Å². The van der Waals surface area contributed by atoms with Crippen molar-refractivity contribution in [3.8, 4) is 0 Å². The standard InChI is InChI=1S/C11H24N2/c1-6-13(8-9(2)3)11(5)10(4)7-12/h10-11H,2,6-8,12H2,1,3-5H3. The molecule has 2 heteroatoms. The Bertz CT molecular complexity index is 154. The number of hydrogen-bond donors (Lipinski definition) is 1. The molecule has 0 saturated heterocycles. The average Bonchev–Trinajstić information content (AvgIpc) is 2.11. The Morgan fingerprint density at radius 1 is 1.46 bits per heavy atom. The Labute approximate surface area is 82.8 Å². The third-order valence-electron chi connectivity index (χ3n) is 2.65. The molecular weight excluding hydrogens is 160 g/mol. The summed E-state index contributed by atoms with van der Waals surface area (Å²) in [5, 5.41) is 0. The van der Waals surface area contributed by atoms with Crippen LogP contribution in [0.3, 0.4) is 0 Å². The molecule has 13 heavy (non-hydrogen) atoms. The first-order valence-corrected chi connectivity index (χ1v) is 5.11. The Kier molecular flexibility index (Phi) is 6.00. The van der Waals surface area contributed by atoms with Gasteiger partial charge in [0.25, 0.3) is 0 Å². The van der Waals surface area contributed by atoms with Crippen molar-refractivity contribution < 1.29 is 0 Å². The largest absolute Gasteiger partial charge is 0.330 e. The third-order valence-corrected chi connectivity index (χ3v) is 2.65. The van der Waals surface area contributed by atoms with E-state index in [-0.39, 0.29) is 0 Å². The molecule has 0 rings (SSSR count). The highest BCUT2D eigenvalue weighted by atomic mass is 15.1. The first-order valence-electron chi connectivity index (χ1n) is 5.11. The molecule has 2 N–H and O–H groups in total. The van der Waals surface area contributed by atoms with E-state index in [2.05, 4.69) is 39.2 Å². The SMILES string of the molecule is C=C(C)CN(CC)C(C)C(C)CN. The molecule has 0 fully saturated rings. The number of rotatable bonds is 6. The van der Waals surface area contributed by atoms with Crippen molar-refractivity contribution in [2.45, 2.75) is 33.7 Å². The maximum Gasteiger partial charge on any atom is 0.0190 e. The summed E-state index contributed by atoms with van der Waals surface area (Å²) in [5.74, 6) is 0.555. The van der Waals surface area contributed by atoms with Crippen LogP contribution < -0.4 is 5.73 Å². The van der Waals surface area contributed by atoms with Crippen molar-refractivity contribution in [1.29, 1.82) is 0 Å². The lowest BCUT2D eigenvalue weighted by Gasteiger charge is -2.31. The van der Waals surface area contributed by atoms with Gasteiger partial charge in [-0.1, -0.05) is 26.0 Å². The maximum absolute atomic E-state index is 5.65. The van der Waals surface area contributed by atoms with Gasteiger partial charge in [-0.15, -0.1) is 0 Å². The summed E-state index contributed by atoms with van der Waals surface area (Å²) >= 11 is 0. The first kappa shape index (κ1) is 12.7. The molecule has 0 spiro atoms. The molecule has 0 heterocycles. The molecular formula is C11H24N2. The summed E-state index contributed by atoms with van der Waals surface area (Å²) < 4.78 is 0. The molecule has 2 atom stereocenters. The van der Waals surface area contributed by atoms with Gasteiger partial charge in [-0.05, 0) is 32.9 Å². The highest BCUT2D eigenvalue weighted by Gasteiger charge is 2.17. The summed E-state index contributed by atoms with van der Waals surface area (Å²) in [5.41, 5.74) is 6.87. The molecule has 78 valence electrons. The van der Waals surface area contributed by atoms with Crippen LogP contribution in [-0.4, -0.2) is 30.6 Å². The highest BCUT2D eigenvalue weighted by molar-refractivity contribution is 4.93. The Balaban J connectivity index is 4.13. The van der Waals surface area contributed by atoms with Gasteiger partial charge < -0.3 is 5.73 Å². The van der Waals surface area contributed by atoms with Crippen LogP contribution in [0.25, 0.3) is 0 Å². The molecule has 2 nitrogen and oxygen atoms in total. The summed E-state index contributed by atoms with van der Waals surface area (Å²) in [6.45, 7) is 15.4. The van der Waals surface area contributed by atoms with Crippen LogP contribution in [0.15, 0.2) is 12.2 Å². The van der Waals surface area contributed by atoms with E-state index in [1.807, 2.05) is 0 Å². The molecule has 0 aromatic rings. The van der Waals surface area contributed by atoms with Gasteiger partial charge in [-0.2, -0.15) is 0 Å². The van der Waals surface area contributed by atoms with E-state index in [1.165, 1.54) is 5.57 Å². The molecule has 0 amide bonds. The van der Waals surface area contributed by atoms with Gasteiger partial charge in [0.1, 0.15) is 0 Å². The number of likely N-dealkylation sites (N-methyl/N-ethyl adjacent to an activating group) is 1. The predicted molar refractivity (Wildman–Crippen MR) is 59.7 cm³/mol.